The van der Waals surface area contributed by atoms with E-state index in [4.69, 9.17) is 0 Å². The van der Waals surface area contributed by atoms with Crippen molar-refractivity contribution in [2.24, 2.45) is 0 Å². The fourth-order valence-corrected chi connectivity index (χ4v) is 3.99. The Morgan fingerprint density at radius 3 is 2.38 bits per heavy atom. The van der Waals surface area contributed by atoms with Crippen molar-refractivity contribution in [2.75, 3.05) is 0 Å². The monoisotopic (exact) mass is 392 g/mol. The van der Waals surface area contributed by atoms with Crippen LogP contribution in [-0.4, -0.2) is 28.8 Å². The molecule has 0 aliphatic heterocycles. The molecule has 0 radical (unpaired) electrons. The Morgan fingerprint density at radius 1 is 1.03 bits per heavy atom. The topological polar surface area (TPSA) is 49.4 Å². The number of carbonyl (C=O) groups excluding carboxylic acids is 2. The lowest BCUT2D eigenvalue weighted by molar-refractivity contribution is -0.140. The number of hydrogen-bond donors (Lipinski definition) is 1. The fourth-order valence-electron chi connectivity index (χ4n) is 3.99. The van der Waals surface area contributed by atoms with Gasteiger partial charge in [-0.1, -0.05) is 67.4 Å². The number of amides is 2. The number of rotatable bonds is 8. The Kier molecular flexibility index (Phi) is 7.45. The number of hydrogen-bond acceptors (Lipinski definition) is 2. The number of carbonyl (C=O) groups is 2. The van der Waals surface area contributed by atoms with Crippen LogP contribution in [0.3, 0.4) is 0 Å². The highest BCUT2D eigenvalue weighted by Gasteiger charge is 2.28. The Hall–Kier alpha value is -2.62. The van der Waals surface area contributed by atoms with Gasteiger partial charge in [-0.3, -0.25) is 9.59 Å². The van der Waals surface area contributed by atoms with Gasteiger partial charge in [-0.2, -0.15) is 0 Å². The van der Waals surface area contributed by atoms with E-state index in [1.807, 2.05) is 68.4 Å². The van der Waals surface area contributed by atoms with Gasteiger partial charge in [0.25, 0.3) is 0 Å². The molecule has 1 atom stereocenters. The van der Waals surface area contributed by atoms with Crippen LogP contribution in [0.5, 0.6) is 0 Å². The summed E-state index contributed by atoms with van der Waals surface area (Å²) in [5.74, 6) is -0.0234. The van der Waals surface area contributed by atoms with Gasteiger partial charge >= 0.3 is 0 Å². The summed E-state index contributed by atoms with van der Waals surface area (Å²) in [6, 6.07) is 17.9. The first kappa shape index (κ1) is 21.1. The van der Waals surface area contributed by atoms with Crippen molar-refractivity contribution in [3.63, 3.8) is 0 Å². The van der Waals surface area contributed by atoms with Gasteiger partial charge in [-0.05, 0) is 49.8 Å². The highest BCUT2D eigenvalue weighted by atomic mass is 16.2. The zero-order chi connectivity index (χ0) is 20.6. The van der Waals surface area contributed by atoms with Gasteiger partial charge in [-0.15, -0.1) is 0 Å². The lowest BCUT2D eigenvalue weighted by Crippen LogP contribution is -2.49. The van der Waals surface area contributed by atoms with Gasteiger partial charge < -0.3 is 10.2 Å². The standard InChI is InChI=1S/C25H32N2O2/c1-19-10-6-7-13-22(19)18-27(20(2)25(29)26-23-14-8-9-15-23)24(28)17-16-21-11-4-3-5-12-21/h3-7,10-13,20,23H,8-9,14-18H2,1-2H3,(H,26,29)/t20-/m0/s1. The third kappa shape index (κ3) is 5.93. The third-order valence-corrected chi connectivity index (χ3v) is 5.94. The molecule has 0 aromatic heterocycles. The van der Waals surface area contributed by atoms with Crippen LogP contribution in [0.2, 0.25) is 0 Å². The number of nitrogens with one attached hydrogen (secondary N) is 1. The SMILES string of the molecule is Cc1ccccc1CN(C(=O)CCc1ccccc1)[C@@H](C)C(=O)NC1CCCC1. The van der Waals surface area contributed by atoms with Gasteiger partial charge in [0.05, 0.1) is 0 Å². The predicted molar refractivity (Wildman–Crippen MR) is 116 cm³/mol. The normalized spacial score (nSPS) is 15.1. The fraction of sp³-hybridized carbons (Fsp3) is 0.440. The van der Waals surface area contributed by atoms with E-state index >= 15 is 0 Å². The highest BCUT2D eigenvalue weighted by molar-refractivity contribution is 5.87. The summed E-state index contributed by atoms with van der Waals surface area (Å²) in [4.78, 5) is 27.8. The summed E-state index contributed by atoms with van der Waals surface area (Å²) in [7, 11) is 0. The summed E-state index contributed by atoms with van der Waals surface area (Å²) >= 11 is 0. The van der Waals surface area contributed by atoms with Crippen LogP contribution in [0.1, 0.15) is 55.7 Å². The molecule has 2 amide bonds. The van der Waals surface area contributed by atoms with E-state index in [9.17, 15) is 9.59 Å². The Morgan fingerprint density at radius 2 is 1.69 bits per heavy atom. The van der Waals surface area contributed by atoms with Crippen molar-refractivity contribution in [1.82, 2.24) is 10.2 Å². The average Bonchev–Trinajstić information content (AvgIpc) is 3.24. The molecular formula is C25H32N2O2. The highest BCUT2D eigenvalue weighted by Crippen LogP contribution is 2.19. The number of aryl methyl sites for hydroxylation is 2. The molecule has 2 aromatic rings. The summed E-state index contributed by atoms with van der Waals surface area (Å²) < 4.78 is 0. The average molecular weight is 393 g/mol. The zero-order valence-electron chi connectivity index (χ0n) is 17.6. The maximum atomic E-state index is 13.2. The van der Waals surface area contributed by atoms with Gasteiger partial charge in [0.15, 0.2) is 0 Å². The molecule has 0 unspecified atom stereocenters. The predicted octanol–water partition coefficient (Wildman–Crippen LogP) is 4.40. The molecule has 1 N–H and O–H groups in total. The zero-order valence-corrected chi connectivity index (χ0v) is 17.6. The quantitative estimate of drug-likeness (QED) is 0.724. The molecule has 154 valence electrons. The molecule has 29 heavy (non-hydrogen) atoms. The third-order valence-electron chi connectivity index (χ3n) is 5.94. The first-order valence-electron chi connectivity index (χ1n) is 10.7. The van der Waals surface area contributed by atoms with E-state index in [1.165, 1.54) is 12.8 Å². The van der Waals surface area contributed by atoms with E-state index in [0.29, 0.717) is 19.4 Å². The summed E-state index contributed by atoms with van der Waals surface area (Å²) in [6.45, 7) is 4.35. The van der Waals surface area contributed by atoms with Gasteiger partial charge in [-0.25, -0.2) is 0 Å². The van der Waals surface area contributed by atoms with Crippen molar-refractivity contribution < 1.29 is 9.59 Å². The molecule has 0 spiro atoms. The van der Waals surface area contributed by atoms with Gasteiger partial charge in [0.1, 0.15) is 6.04 Å². The molecule has 0 saturated heterocycles. The van der Waals surface area contributed by atoms with Crippen molar-refractivity contribution >= 4 is 11.8 Å². The van der Waals surface area contributed by atoms with E-state index in [-0.39, 0.29) is 17.9 Å². The van der Waals surface area contributed by atoms with Crippen molar-refractivity contribution in [2.45, 2.75) is 71.0 Å². The van der Waals surface area contributed by atoms with Crippen LogP contribution in [0, 0.1) is 6.92 Å². The second kappa shape index (κ2) is 10.2. The summed E-state index contributed by atoms with van der Waals surface area (Å²) in [5, 5.41) is 3.16. The van der Waals surface area contributed by atoms with Crippen molar-refractivity contribution in [3.05, 3.63) is 71.3 Å². The second-order valence-corrected chi connectivity index (χ2v) is 8.10. The maximum absolute atomic E-state index is 13.2. The van der Waals surface area contributed by atoms with Crippen LogP contribution in [-0.2, 0) is 22.6 Å². The Labute approximate surface area is 174 Å². The molecule has 1 aliphatic rings. The van der Waals surface area contributed by atoms with Gasteiger partial charge in [0, 0.05) is 19.0 Å². The molecule has 0 bridgehead atoms. The minimum Gasteiger partial charge on any atom is -0.352 e. The Bertz CT molecular complexity index is 813. The molecule has 2 aromatic carbocycles. The van der Waals surface area contributed by atoms with Crippen LogP contribution < -0.4 is 5.32 Å². The van der Waals surface area contributed by atoms with Crippen LogP contribution in [0.25, 0.3) is 0 Å². The van der Waals surface area contributed by atoms with Crippen LogP contribution in [0.15, 0.2) is 54.6 Å². The van der Waals surface area contributed by atoms with E-state index < -0.39 is 6.04 Å². The van der Waals surface area contributed by atoms with E-state index in [1.54, 1.807) is 4.90 Å². The minimum absolute atomic E-state index is 0.0196. The minimum atomic E-state index is -0.488. The van der Waals surface area contributed by atoms with E-state index in [2.05, 4.69) is 5.32 Å². The van der Waals surface area contributed by atoms with Crippen LogP contribution >= 0.6 is 0 Å². The Balaban J connectivity index is 1.71. The molecule has 0 heterocycles. The largest absolute Gasteiger partial charge is 0.352 e. The maximum Gasteiger partial charge on any atom is 0.242 e. The molecule has 1 aliphatic carbocycles. The van der Waals surface area contributed by atoms with Crippen molar-refractivity contribution in [3.8, 4) is 0 Å². The smallest absolute Gasteiger partial charge is 0.242 e. The summed E-state index contributed by atoms with van der Waals surface area (Å²) in [6.07, 6.45) is 5.50. The lowest BCUT2D eigenvalue weighted by atomic mass is 10.1. The number of benzene rings is 2. The molecule has 4 heteroatoms. The summed E-state index contributed by atoms with van der Waals surface area (Å²) in [5.41, 5.74) is 3.36. The van der Waals surface area contributed by atoms with Crippen molar-refractivity contribution in [1.29, 1.82) is 0 Å². The molecule has 4 nitrogen and oxygen atoms in total. The van der Waals surface area contributed by atoms with Crippen LogP contribution in [0.4, 0.5) is 0 Å². The number of nitrogens with zero attached hydrogens (tertiary/aromatic N) is 1. The first-order chi connectivity index (χ1) is 14.0. The first-order valence-corrected chi connectivity index (χ1v) is 10.7. The van der Waals surface area contributed by atoms with E-state index in [0.717, 1.165) is 29.5 Å². The molecule has 3 rings (SSSR count). The second-order valence-electron chi connectivity index (χ2n) is 8.10. The molecule has 1 saturated carbocycles. The molecular weight excluding hydrogens is 360 g/mol. The molecule has 1 fully saturated rings. The lowest BCUT2D eigenvalue weighted by Gasteiger charge is -2.30. The van der Waals surface area contributed by atoms with Gasteiger partial charge in [0.2, 0.25) is 11.8 Å².